The van der Waals surface area contributed by atoms with Crippen LogP contribution in [0.5, 0.6) is 11.5 Å². The molecule has 0 atom stereocenters. The first-order valence-electron chi connectivity index (χ1n) is 7.82. The Morgan fingerprint density at radius 1 is 1.08 bits per heavy atom. The second kappa shape index (κ2) is 7.53. The first-order chi connectivity index (χ1) is 12.2. The smallest absolute Gasteiger partial charge is 0.251 e. The van der Waals surface area contributed by atoms with Crippen LogP contribution in [0.3, 0.4) is 0 Å². The Balaban J connectivity index is 1.53. The molecule has 0 unspecified atom stereocenters. The van der Waals surface area contributed by atoms with Gasteiger partial charge < -0.3 is 20.1 Å². The predicted octanol–water partition coefficient (Wildman–Crippen LogP) is 2.10. The average Bonchev–Trinajstić information content (AvgIpc) is 3.12. The molecule has 25 heavy (non-hydrogen) atoms. The minimum atomic E-state index is -0.201. The van der Waals surface area contributed by atoms with E-state index >= 15 is 0 Å². The molecule has 2 amide bonds. The highest BCUT2D eigenvalue weighted by Crippen LogP contribution is 2.32. The summed E-state index contributed by atoms with van der Waals surface area (Å²) in [6.45, 7) is 0.611. The summed E-state index contributed by atoms with van der Waals surface area (Å²) in [7, 11) is 1.59. The van der Waals surface area contributed by atoms with Crippen LogP contribution in [0.25, 0.3) is 6.08 Å². The van der Waals surface area contributed by atoms with Gasteiger partial charge in [-0.2, -0.15) is 0 Å². The summed E-state index contributed by atoms with van der Waals surface area (Å²) in [6, 6.07) is 12.6. The molecule has 1 aliphatic rings. The van der Waals surface area contributed by atoms with Crippen molar-refractivity contribution in [2.75, 3.05) is 13.8 Å². The fourth-order valence-corrected chi connectivity index (χ4v) is 2.36. The number of carbonyl (C=O) groups excluding carboxylic acids is 2. The van der Waals surface area contributed by atoms with E-state index in [-0.39, 0.29) is 18.6 Å². The van der Waals surface area contributed by atoms with Crippen LogP contribution in [0.2, 0.25) is 0 Å². The van der Waals surface area contributed by atoms with Crippen molar-refractivity contribution in [3.8, 4) is 11.5 Å². The highest BCUT2D eigenvalue weighted by Gasteiger charge is 2.12. The van der Waals surface area contributed by atoms with E-state index in [2.05, 4.69) is 10.6 Å². The second-order valence-electron chi connectivity index (χ2n) is 5.44. The molecule has 0 saturated heterocycles. The molecular weight excluding hydrogens is 320 g/mol. The molecule has 0 spiro atoms. The summed E-state index contributed by atoms with van der Waals surface area (Å²) >= 11 is 0. The van der Waals surface area contributed by atoms with E-state index < -0.39 is 0 Å². The van der Waals surface area contributed by atoms with Crippen molar-refractivity contribution < 1.29 is 19.1 Å². The zero-order valence-electron chi connectivity index (χ0n) is 13.7. The van der Waals surface area contributed by atoms with Gasteiger partial charge in [-0.1, -0.05) is 18.2 Å². The highest BCUT2D eigenvalue weighted by molar-refractivity contribution is 5.94. The predicted molar refractivity (Wildman–Crippen MR) is 93.3 cm³/mol. The summed E-state index contributed by atoms with van der Waals surface area (Å²) in [5, 5.41) is 5.37. The van der Waals surface area contributed by atoms with Gasteiger partial charge >= 0.3 is 0 Å². The Kier molecular flexibility index (Phi) is 4.99. The molecule has 0 radical (unpaired) electrons. The van der Waals surface area contributed by atoms with Crippen LogP contribution < -0.4 is 20.1 Å². The van der Waals surface area contributed by atoms with Crippen molar-refractivity contribution in [3.63, 3.8) is 0 Å². The van der Waals surface area contributed by atoms with E-state index in [0.29, 0.717) is 23.6 Å². The maximum Gasteiger partial charge on any atom is 0.251 e. The van der Waals surface area contributed by atoms with Gasteiger partial charge in [-0.3, -0.25) is 9.59 Å². The van der Waals surface area contributed by atoms with Gasteiger partial charge in [-0.25, -0.2) is 0 Å². The summed E-state index contributed by atoms with van der Waals surface area (Å²) in [5.74, 6) is 1.05. The number of benzene rings is 2. The zero-order valence-corrected chi connectivity index (χ0v) is 13.7. The first-order valence-corrected chi connectivity index (χ1v) is 7.82. The molecule has 2 aromatic carbocycles. The molecule has 6 heteroatoms. The number of rotatable bonds is 5. The Hall–Kier alpha value is -3.28. The Labute approximate surface area is 145 Å². The fraction of sp³-hybridized carbons (Fsp3) is 0.158. The lowest BCUT2D eigenvalue weighted by molar-refractivity contribution is -0.116. The van der Waals surface area contributed by atoms with Gasteiger partial charge in [0, 0.05) is 25.2 Å². The van der Waals surface area contributed by atoms with E-state index in [0.717, 1.165) is 11.1 Å². The molecule has 0 fully saturated rings. The van der Waals surface area contributed by atoms with Crippen molar-refractivity contribution in [3.05, 3.63) is 65.2 Å². The zero-order chi connectivity index (χ0) is 17.6. The van der Waals surface area contributed by atoms with Gasteiger partial charge in [-0.05, 0) is 41.5 Å². The van der Waals surface area contributed by atoms with E-state index in [1.807, 2.05) is 30.3 Å². The van der Waals surface area contributed by atoms with Crippen LogP contribution >= 0.6 is 0 Å². The lowest BCUT2D eigenvalue weighted by atomic mass is 10.1. The molecule has 6 nitrogen and oxygen atoms in total. The number of nitrogens with one attached hydrogen (secondary N) is 2. The van der Waals surface area contributed by atoms with Crippen LogP contribution in [0.4, 0.5) is 0 Å². The van der Waals surface area contributed by atoms with E-state index in [9.17, 15) is 9.59 Å². The first kappa shape index (κ1) is 16.6. The quantitative estimate of drug-likeness (QED) is 0.819. The third kappa shape index (κ3) is 4.17. The maximum atomic E-state index is 11.9. The SMILES string of the molecule is CNC(=O)c1ccc(CNC(=O)/C=C/c2ccc3c(c2)OCO3)cc1. The lowest BCUT2D eigenvalue weighted by Gasteiger charge is -2.04. The van der Waals surface area contributed by atoms with Gasteiger partial charge in [0.15, 0.2) is 11.5 Å². The number of hydrogen-bond acceptors (Lipinski definition) is 4. The molecule has 0 bridgehead atoms. The minimum Gasteiger partial charge on any atom is -0.454 e. The standard InChI is InChI=1S/C19H18N2O4/c1-20-19(23)15-6-2-14(3-7-15)11-21-18(22)9-5-13-4-8-16-17(10-13)25-12-24-16/h2-10H,11-12H2,1H3,(H,20,23)(H,21,22)/b9-5+. The Bertz CT molecular complexity index is 813. The monoisotopic (exact) mass is 338 g/mol. The highest BCUT2D eigenvalue weighted by atomic mass is 16.7. The van der Waals surface area contributed by atoms with Crippen LogP contribution in [0.15, 0.2) is 48.5 Å². The van der Waals surface area contributed by atoms with Crippen molar-refractivity contribution in [2.24, 2.45) is 0 Å². The molecule has 128 valence electrons. The molecule has 1 heterocycles. The summed E-state index contributed by atoms with van der Waals surface area (Å²) in [5.41, 5.74) is 2.35. The normalized spacial score (nSPS) is 12.2. The number of hydrogen-bond donors (Lipinski definition) is 2. The molecule has 0 aliphatic carbocycles. The van der Waals surface area contributed by atoms with Crippen molar-refractivity contribution in [1.82, 2.24) is 10.6 Å². The third-order valence-electron chi connectivity index (χ3n) is 3.73. The van der Waals surface area contributed by atoms with Crippen molar-refractivity contribution >= 4 is 17.9 Å². The lowest BCUT2D eigenvalue weighted by Crippen LogP contribution is -2.20. The van der Waals surface area contributed by atoms with Gasteiger partial charge in [0.1, 0.15) is 0 Å². The number of fused-ring (bicyclic) bond motifs is 1. The molecule has 0 aromatic heterocycles. The summed E-state index contributed by atoms with van der Waals surface area (Å²) in [4.78, 5) is 23.4. The summed E-state index contributed by atoms with van der Waals surface area (Å²) < 4.78 is 10.5. The molecule has 0 saturated carbocycles. The van der Waals surface area contributed by atoms with Gasteiger partial charge in [0.25, 0.3) is 5.91 Å². The van der Waals surface area contributed by atoms with Crippen molar-refractivity contribution in [2.45, 2.75) is 6.54 Å². The maximum absolute atomic E-state index is 11.9. The van der Waals surface area contributed by atoms with Crippen LogP contribution in [-0.2, 0) is 11.3 Å². The van der Waals surface area contributed by atoms with Crippen LogP contribution in [0.1, 0.15) is 21.5 Å². The number of amides is 2. The number of ether oxygens (including phenoxy) is 2. The van der Waals surface area contributed by atoms with Crippen LogP contribution in [0, 0.1) is 0 Å². The van der Waals surface area contributed by atoms with E-state index in [4.69, 9.17) is 9.47 Å². The van der Waals surface area contributed by atoms with Crippen LogP contribution in [-0.4, -0.2) is 25.7 Å². The summed E-state index contributed by atoms with van der Waals surface area (Å²) in [6.07, 6.45) is 3.18. The topological polar surface area (TPSA) is 76.7 Å². The molecule has 2 aromatic rings. The van der Waals surface area contributed by atoms with E-state index in [1.54, 1.807) is 25.3 Å². The minimum absolute atomic E-state index is 0.137. The fourth-order valence-electron chi connectivity index (χ4n) is 2.36. The molecule has 2 N–H and O–H groups in total. The molecule has 1 aliphatic heterocycles. The molecule has 3 rings (SSSR count). The third-order valence-corrected chi connectivity index (χ3v) is 3.73. The second-order valence-corrected chi connectivity index (χ2v) is 5.44. The van der Waals surface area contributed by atoms with E-state index in [1.165, 1.54) is 6.08 Å². The average molecular weight is 338 g/mol. The Morgan fingerprint density at radius 3 is 2.60 bits per heavy atom. The van der Waals surface area contributed by atoms with Gasteiger partial charge in [0.2, 0.25) is 12.7 Å². The van der Waals surface area contributed by atoms with Gasteiger partial charge in [0.05, 0.1) is 0 Å². The van der Waals surface area contributed by atoms with Crippen molar-refractivity contribution in [1.29, 1.82) is 0 Å². The number of carbonyl (C=O) groups is 2. The Morgan fingerprint density at radius 2 is 1.84 bits per heavy atom. The molecular formula is C19H18N2O4. The van der Waals surface area contributed by atoms with Gasteiger partial charge in [-0.15, -0.1) is 0 Å². The largest absolute Gasteiger partial charge is 0.454 e.